The quantitative estimate of drug-likeness (QED) is 0.515. The molecule has 1 saturated heterocycles. The molecule has 136 valence electrons. The number of hydrogen-bond donors (Lipinski definition) is 3. The van der Waals surface area contributed by atoms with E-state index in [-0.39, 0.29) is 24.5 Å². The number of benzene rings is 1. The molecule has 0 bridgehead atoms. The van der Waals surface area contributed by atoms with Gasteiger partial charge in [-0.25, -0.2) is 9.59 Å². The van der Waals surface area contributed by atoms with Crippen LogP contribution in [0.2, 0.25) is 0 Å². The number of carbonyl (C=O) groups is 3. The van der Waals surface area contributed by atoms with Crippen LogP contribution in [0.1, 0.15) is 28.7 Å². The largest absolute Gasteiger partial charge is 0.338 e. The van der Waals surface area contributed by atoms with E-state index in [2.05, 4.69) is 48.9 Å². The van der Waals surface area contributed by atoms with E-state index in [0.29, 0.717) is 26.1 Å². The Labute approximate surface area is 148 Å². The summed E-state index contributed by atoms with van der Waals surface area (Å²) in [5.41, 5.74) is 5.00. The van der Waals surface area contributed by atoms with Crippen LogP contribution in [0.25, 0.3) is 0 Å². The Hall–Kier alpha value is -2.57. The maximum Gasteiger partial charge on any atom is 0.324 e. The molecule has 25 heavy (non-hydrogen) atoms. The molecule has 0 spiro atoms. The average Bonchev–Trinajstić information content (AvgIpc) is 2.85. The predicted molar refractivity (Wildman–Crippen MR) is 95.5 cm³/mol. The summed E-state index contributed by atoms with van der Waals surface area (Å²) in [6.45, 7) is 7.59. The van der Waals surface area contributed by atoms with Crippen LogP contribution >= 0.6 is 0 Å². The van der Waals surface area contributed by atoms with Gasteiger partial charge in [0.2, 0.25) is 5.91 Å². The fourth-order valence-electron chi connectivity index (χ4n) is 3.09. The monoisotopic (exact) mass is 346 g/mol. The second-order valence-electron chi connectivity index (χ2n) is 6.37. The molecule has 0 saturated carbocycles. The molecule has 0 radical (unpaired) electrons. The Kier molecular flexibility index (Phi) is 6.38. The Morgan fingerprint density at radius 2 is 1.76 bits per heavy atom. The number of rotatable bonds is 7. The van der Waals surface area contributed by atoms with Gasteiger partial charge in [-0.3, -0.25) is 9.69 Å². The lowest BCUT2D eigenvalue weighted by molar-refractivity contribution is -0.125. The molecule has 0 unspecified atom stereocenters. The van der Waals surface area contributed by atoms with Gasteiger partial charge in [0, 0.05) is 19.6 Å². The maximum atomic E-state index is 11.8. The van der Waals surface area contributed by atoms with Crippen molar-refractivity contribution in [3.8, 4) is 0 Å². The average molecular weight is 346 g/mol. The lowest BCUT2D eigenvalue weighted by Gasteiger charge is -2.14. The molecule has 1 aliphatic heterocycles. The molecule has 0 aliphatic carbocycles. The van der Waals surface area contributed by atoms with Crippen molar-refractivity contribution in [2.45, 2.75) is 33.6 Å². The minimum Gasteiger partial charge on any atom is -0.338 e. The first kappa shape index (κ1) is 18.8. The summed E-state index contributed by atoms with van der Waals surface area (Å²) >= 11 is 0. The molecule has 2 rings (SSSR count). The normalized spacial score (nSPS) is 13.8. The van der Waals surface area contributed by atoms with Gasteiger partial charge >= 0.3 is 12.1 Å². The zero-order valence-electron chi connectivity index (χ0n) is 15.1. The highest BCUT2D eigenvalue weighted by molar-refractivity contribution is 6.01. The van der Waals surface area contributed by atoms with Crippen LogP contribution in [0.5, 0.6) is 0 Å². The minimum atomic E-state index is -0.363. The van der Waals surface area contributed by atoms with E-state index in [9.17, 15) is 14.4 Å². The number of aryl methyl sites for hydroxylation is 3. The van der Waals surface area contributed by atoms with Crippen molar-refractivity contribution in [1.82, 2.24) is 20.9 Å². The summed E-state index contributed by atoms with van der Waals surface area (Å²) in [5.74, 6) is -0.224. The summed E-state index contributed by atoms with van der Waals surface area (Å²) in [7, 11) is 0. The molecule has 1 fully saturated rings. The summed E-state index contributed by atoms with van der Waals surface area (Å²) in [5, 5.41) is 8.04. The molecule has 1 heterocycles. The van der Waals surface area contributed by atoms with Crippen LogP contribution in [0.15, 0.2) is 12.1 Å². The number of carbonyl (C=O) groups excluding carboxylic acids is 3. The molecule has 7 nitrogen and oxygen atoms in total. The van der Waals surface area contributed by atoms with Crippen molar-refractivity contribution >= 4 is 18.0 Å². The van der Waals surface area contributed by atoms with Gasteiger partial charge in [0.15, 0.2) is 0 Å². The summed E-state index contributed by atoms with van der Waals surface area (Å²) in [4.78, 5) is 35.7. The van der Waals surface area contributed by atoms with Crippen LogP contribution in [0.4, 0.5) is 9.59 Å². The van der Waals surface area contributed by atoms with Crippen molar-refractivity contribution in [2.24, 2.45) is 0 Å². The highest BCUT2D eigenvalue weighted by Crippen LogP contribution is 2.16. The SMILES string of the molecule is Cc1cc(C)c(CCNC(=O)NCCCN2C(=O)CNC2=O)c(C)c1. The Balaban J connectivity index is 1.64. The molecule has 7 heteroatoms. The van der Waals surface area contributed by atoms with Gasteiger partial charge in [-0.15, -0.1) is 0 Å². The minimum absolute atomic E-state index is 0.0601. The fraction of sp³-hybridized carbons (Fsp3) is 0.500. The van der Waals surface area contributed by atoms with E-state index in [4.69, 9.17) is 0 Å². The molecular formula is C18H26N4O3. The summed E-state index contributed by atoms with van der Waals surface area (Å²) in [6, 6.07) is 3.70. The van der Waals surface area contributed by atoms with Gasteiger partial charge in [-0.2, -0.15) is 0 Å². The number of nitrogens with zero attached hydrogens (tertiary/aromatic N) is 1. The third-order valence-corrected chi connectivity index (χ3v) is 4.28. The highest BCUT2D eigenvalue weighted by Gasteiger charge is 2.27. The first-order chi connectivity index (χ1) is 11.9. The molecular weight excluding hydrogens is 320 g/mol. The van der Waals surface area contributed by atoms with Gasteiger partial charge in [0.1, 0.15) is 0 Å². The van der Waals surface area contributed by atoms with E-state index in [0.717, 1.165) is 6.42 Å². The third kappa shape index (κ3) is 5.20. The Morgan fingerprint density at radius 3 is 2.36 bits per heavy atom. The Bertz CT molecular complexity index is 633. The van der Waals surface area contributed by atoms with E-state index < -0.39 is 0 Å². The van der Waals surface area contributed by atoms with E-state index in [1.165, 1.54) is 27.2 Å². The van der Waals surface area contributed by atoms with Crippen LogP contribution in [0, 0.1) is 20.8 Å². The second kappa shape index (κ2) is 8.50. The molecule has 0 atom stereocenters. The van der Waals surface area contributed by atoms with Gasteiger partial charge < -0.3 is 16.0 Å². The first-order valence-electron chi connectivity index (χ1n) is 8.55. The number of nitrogens with one attached hydrogen (secondary N) is 3. The molecule has 1 aliphatic rings. The Morgan fingerprint density at radius 1 is 1.12 bits per heavy atom. The fourth-order valence-corrected chi connectivity index (χ4v) is 3.09. The topological polar surface area (TPSA) is 90.5 Å². The number of imide groups is 1. The van der Waals surface area contributed by atoms with Crippen molar-refractivity contribution in [1.29, 1.82) is 0 Å². The van der Waals surface area contributed by atoms with Gasteiger partial charge in [-0.1, -0.05) is 17.7 Å². The van der Waals surface area contributed by atoms with E-state index in [1.54, 1.807) is 0 Å². The number of urea groups is 2. The van der Waals surface area contributed by atoms with E-state index >= 15 is 0 Å². The molecule has 0 aromatic heterocycles. The van der Waals surface area contributed by atoms with Gasteiger partial charge in [0.25, 0.3) is 0 Å². The second-order valence-corrected chi connectivity index (χ2v) is 6.37. The van der Waals surface area contributed by atoms with Crippen LogP contribution in [0.3, 0.4) is 0 Å². The first-order valence-corrected chi connectivity index (χ1v) is 8.55. The maximum absolute atomic E-state index is 11.8. The van der Waals surface area contributed by atoms with Crippen molar-refractivity contribution in [3.63, 3.8) is 0 Å². The smallest absolute Gasteiger partial charge is 0.324 e. The lowest BCUT2D eigenvalue weighted by Crippen LogP contribution is -2.39. The highest BCUT2D eigenvalue weighted by atomic mass is 16.2. The van der Waals surface area contributed by atoms with Gasteiger partial charge in [0.05, 0.1) is 6.54 Å². The standard InChI is InChI=1S/C18H26N4O3/c1-12-9-13(2)15(14(3)10-12)5-7-20-17(24)19-6-4-8-22-16(23)11-21-18(22)25/h9-10H,4-8,11H2,1-3H3,(H,21,25)(H2,19,20,24). The number of amides is 5. The molecule has 1 aromatic rings. The number of hydrogen-bond acceptors (Lipinski definition) is 3. The molecule has 3 N–H and O–H groups in total. The van der Waals surface area contributed by atoms with Crippen molar-refractivity contribution in [3.05, 3.63) is 34.4 Å². The predicted octanol–water partition coefficient (Wildman–Crippen LogP) is 1.40. The van der Waals surface area contributed by atoms with Crippen LogP contribution < -0.4 is 16.0 Å². The van der Waals surface area contributed by atoms with E-state index in [1.807, 2.05) is 0 Å². The van der Waals surface area contributed by atoms with Crippen LogP contribution in [-0.2, 0) is 11.2 Å². The zero-order chi connectivity index (χ0) is 18.4. The summed E-state index contributed by atoms with van der Waals surface area (Å²) < 4.78 is 0. The van der Waals surface area contributed by atoms with Crippen molar-refractivity contribution < 1.29 is 14.4 Å². The van der Waals surface area contributed by atoms with Crippen molar-refractivity contribution in [2.75, 3.05) is 26.2 Å². The van der Waals surface area contributed by atoms with Crippen LogP contribution in [-0.4, -0.2) is 49.0 Å². The van der Waals surface area contributed by atoms with Gasteiger partial charge in [-0.05, 0) is 50.3 Å². The third-order valence-electron chi connectivity index (χ3n) is 4.28. The molecule has 5 amide bonds. The zero-order valence-corrected chi connectivity index (χ0v) is 15.1. The summed E-state index contributed by atoms with van der Waals surface area (Å²) in [6.07, 6.45) is 1.32. The molecule has 1 aromatic carbocycles. The lowest BCUT2D eigenvalue weighted by atomic mass is 9.97.